The predicted octanol–water partition coefficient (Wildman–Crippen LogP) is 2.85. The average Bonchev–Trinajstić information content (AvgIpc) is 3.27. The molecule has 0 atom stereocenters. The Morgan fingerprint density at radius 2 is 1.79 bits per heavy atom. The Bertz CT molecular complexity index is 1200. The molecule has 3 aromatic rings. The highest BCUT2D eigenvalue weighted by Gasteiger charge is 2.32. The summed E-state index contributed by atoms with van der Waals surface area (Å²) in [5.41, 5.74) is 0.795. The second-order valence-corrected chi connectivity index (χ2v) is 9.59. The molecule has 11 heteroatoms. The molecule has 1 aromatic heterocycles. The van der Waals surface area contributed by atoms with Crippen molar-refractivity contribution in [2.75, 3.05) is 25.5 Å². The number of ether oxygens (including phenoxy) is 1. The zero-order valence-corrected chi connectivity index (χ0v) is 18.7. The average molecular weight is 475 g/mol. The van der Waals surface area contributed by atoms with Gasteiger partial charge in [-0.25, -0.2) is 12.8 Å². The lowest BCUT2D eigenvalue weighted by molar-refractivity contribution is -0.121. The fourth-order valence-electron chi connectivity index (χ4n) is 3.61. The first kappa shape index (κ1) is 22.9. The first-order valence-corrected chi connectivity index (χ1v) is 11.8. The van der Waals surface area contributed by atoms with Crippen LogP contribution in [0, 0.1) is 11.7 Å². The van der Waals surface area contributed by atoms with Crippen LogP contribution in [-0.4, -0.2) is 49.0 Å². The standard InChI is InChI=1S/C22H23FN4O5S/c1-31-18-6-8-19(9-7-18)33(29,30)27-12-10-16(11-13-27)21(28)24-22-26-25-20(32-22)14-15-2-4-17(23)5-3-15/h2-9,16H,10-14H2,1H3,(H,24,26,28). The summed E-state index contributed by atoms with van der Waals surface area (Å²) in [5, 5.41) is 10.3. The number of nitrogens with one attached hydrogen (secondary N) is 1. The summed E-state index contributed by atoms with van der Waals surface area (Å²) in [7, 11) is -2.13. The van der Waals surface area contributed by atoms with E-state index in [-0.39, 0.29) is 47.5 Å². The van der Waals surface area contributed by atoms with E-state index in [9.17, 15) is 17.6 Å². The molecule has 33 heavy (non-hydrogen) atoms. The number of benzene rings is 2. The molecule has 1 N–H and O–H groups in total. The molecule has 1 aliphatic rings. The molecule has 2 aromatic carbocycles. The molecule has 1 fully saturated rings. The molecule has 4 rings (SSSR count). The summed E-state index contributed by atoms with van der Waals surface area (Å²) in [6.45, 7) is 0.457. The molecule has 2 heterocycles. The third-order valence-electron chi connectivity index (χ3n) is 5.49. The number of aromatic nitrogens is 2. The maximum absolute atomic E-state index is 13.0. The quantitative estimate of drug-likeness (QED) is 0.560. The number of methoxy groups -OCH3 is 1. The zero-order valence-electron chi connectivity index (χ0n) is 17.9. The van der Waals surface area contributed by atoms with E-state index in [0.717, 1.165) is 5.56 Å². The van der Waals surface area contributed by atoms with Crippen LogP contribution in [0.3, 0.4) is 0 Å². The number of rotatable bonds is 7. The molecule has 0 spiro atoms. The van der Waals surface area contributed by atoms with Crippen LogP contribution in [0.5, 0.6) is 5.75 Å². The molecule has 0 radical (unpaired) electrons. The Balaban J connectivity index is 1.31. The zero-order chi connectivity index (χ0) is 23.4. The van der Waals surface area contributed by atoms with Gasteiger partial charge in [0.1, 0.15) is 11.6 Å². The van der Waals surface area contributed by atoms with E-state index >= 15 is 0 Å². The summed E-state index contributed by atoms with van der Waals surface area (Å²) in [6, 6.07) is 12.1. The van der Waals surface area contributed by atoms with Crippen LogP contribution in [-0.2, 0) is 21.2 Å². The molecule has 1 aliphatic heterocycles. The molecule has 0 bridgehead atoms. The molecular weight excluding hydrogens is 451 g/mol. The fraction of sp³-hybridized carbons (Fsp3) is 0.318. The van der Waals surface area contributed by atoms with Crippen molar-refractivity contribution in [2.24, 2.45) is 5.92 Å². The third kappa shape index (κ3) is 5.37. The Morgan fingerprint density at radius 3 is 2.42 bits per heavy atom. The van der Waals surface area contributed by atoms with Crippen LogP contribution in [0.1, 0.15) is 24.3 Å². The SMILES string of the molecule is COc1ccc(S(=O)(=O)N2CCC(C(=O)Nc3nnc(Cc4ccc(F)cc4)o3)CC2)cc1. The van der Waals surface area contributed by atoms with Crippen LogP contribution < -0.4 is 10.1 Å². The van der Waals surface area contributed by atoms with Gasteiger partial charge in [-0.1, -0.05) is 17.2 Å². The lowest BCUT2D eigenvalue weighted by atomic mass is 9.97. The Morgan fingerprint density at radius 1 is 1.12 bits per heavy atom. The van der Waals surface area contributed by atoms with E-state index in [0.29, 0.717) is 25.0 Å². The highest BCUT2D eigenvalue weighted by molar-refractivity contribution is 7.89. The van der Waals surface area contributed by atoms with E-state index in [1.54, 1.807) is 24.3 Å². The van der Waals surface area contributed by atoms with Gasteiger partial charge in [0, 0.05) is 19.0 Å². The van der Waals surface area contributed by atoms with E-state index in [1.165, 1.54) is 35.7 Å². The molecule has 1 amide bonds. The van der Waals surface area contributed by atoms with Gasteiger partial charge in [0.25, 0.3) is 0 Å². The second kappa shape index (κ2) is 9.67. The first-order chi connectivity index (χ1) is 15.8. The molecular formula is C22H23FN4O5S. The van der Waals surface area contributed by atoms with E-state index in [4.69, 9.17) is 9.15 Å². The molecule has 174 valence electrons. The van der Waals surface area contributed by atoms with Crippen LogP contribution in [0.4, 0.5) is 10.4 Å². The van der Waals surface area contributed by atoms with Crippen LogP contribution in [0.2, 0.25) is 0 Å². The minimum Gasteiger partial charge on any atom is -0.497 e. The second-order valence-electron chi connectivity index (χ2n) is 7.65. The number of nitrogens with zero attached hydrogens (tertiary/aromatic N) is 3. The van der Waals surface area contributed by atoms with Crippen LogP contribution in [0.15, 0.2) is 57.8 Å². The predicted molar refractivity (Wildman–Crippen MR) is 117 cm³/mol. The number of carbonyl (C=O) groups is 1. The normalized spacial score (nSPS) is 15.3. The van der Waals surface area contributed by atoms with Gasteiger partial charge in [-0.05, 0) is 54.8 Å². The molecule has 1 saturated heterocycles. The first-order valence-electron chi connectivity index (χ1n) is 10.4. The van der Waals surface area contributed by atoms with Gasteiger partial charge in [0.05, 0.1) is 18.4 Å². The summed E-state index contributed by atoms with van der Waals surface area (Å²) >= 11 is 0. The minimum atomic E-state index is -3.64. The monoisotopic (exact) mass is 474 g/mol. The number of carbonyl (C=O) groups excluding carboxylic acids is 1. The molecule has 9 nitrogen and oxygen atoms in total. The van der Waals surface area contributed by atoms with Gasteiger partial charge < -0.3 is 9.15 Å². The van der Waals surface area contributed by atoms with Crippen molar-refractivity contribution < 1.29 is 26.8 Å². The Hall–Kier alpha value is -3.31. The van der Waals surface area contributed by atoms with Gasteiger partial charge in [0.15, 0.2) is 0 Å². The van der Waals surface area contributed by atoms with Crippen LogP contribution in [0.25, 0.3) is 0 Å². The summed E-state index contributed by atoms with van der Waals surface area (Å²) in [4.78, 5) is 12.8. The van der Waals surface area contributed by atoms with Crippen molar-refractivity contribution in [1.29, 1.82) is 0 Å². The van der Waals surface area contributed by atoms with Crippen molar-refractivity contribution in [3.8, 4) is 5.75 Å². The number of amides is 1. The summed E-state index contributed by atoms with van der Waals surface area (Å²) in [5.74, 6) is -0.142. The Kier molecular flexibility index (Phi) is 6.70. The lowest BCUT2D eigenvalue weighted by Crippen LogP contribution is -2.41. The summed E-state index contributed by atoms with van der Waals surface area (Å²) in [6.07, 6.45) is 1.06. The van der Waals surface area contributed by atoms with E-state index < -0.39 is 10.0 Å². The maximum atomic E-state index is 13.0. The molecule has 0 aliphatic carbocycles. The van der Waals surface area contributed by atoms with Crippen molar-refractivity contribution in [2.45, 2.75) is 24.2 Å². The Labute approximate surface area is 190 Å². The molecule has 0 saturated carbocycles. The van der Waals surface area contributed by atoms with Gasteiger partial charge in [-0.2, -0.15) is 4.31 Å². The number of hydrogen-bond acceptors (Lipinski definition) is 7. The van der Waals surface area contributed by atoms with Crippen LogP contribution >= 0.6 is 0 Å². The topological polar surface area (TPSA) is 115 Å². The van der Waals surface area contributed by atoms with Crippen molar-refractivity contribution in [1.82, 2.24) is 14.5 Å². The number of hydrogen-bond donors (Lipinski definition) is 1. The smallest absolute Gasteiger partial charge is 0.322 e. The number of sulfonamides is 1. The van der Waals surface area contributed by atoms with Crippen molar-refractivity contribution in [3.63, 3.8) is 0 Å². The maximum Gasteiger partial charge on any atom is 0.322 e. The van der Waals surface area contributed by atoms with Gasteiger partial charge >= 0.3 is 6.01 Å². The van der Waals surface area contributed by atoms with Crippen molar-refractivity contribution >= 4 is 21.9 Å². The van der Waals surface area contributed by atoms with E-state index in [2.05, 4.69) is 15.5 Å². The van der Waals surface area contributed by atoms with Gasteiger partial charge in [-0.3, -0.25) is 10.1 Å². The molecule has 0 unspecified atom stereocenters. The van der Waals surface area contributed by atoms with Gasteiger partial charge in [0.2, 0.25) is 21.8 Å². The number of piperidine rings is 1. The third-order valence-corrected chi connectivity index (χ3v) is 7.40. The fourth-order valence-corrected chi connectivity index (χ4v) is 5.08. The summed E-state index contributed by atoms with van der Waals surface area (Å²) < 4.78 is 50.6. The highest BCUT2D eigenvalue weighted by atomic mass is 32.2. The van der Waals surface area contributed by atoms with Gasteiger partial charge in [-0.15, -0.1) is 5.10 Å². The number of halogens is 1. The lowest BCUT2D eigenvalue weighted by Gasteiger charge is -2.30. The van der Waals surface area contributed by atoms with E-state index in [1.807, 2.05) is 0 Å². The highest BCUT2D eigenvalue weighted by Crippen LogP contribution is 2.26. The minimum absolute atomic E-state index is 0.0228. The largest absolute Gasteiger partial charge is 0.497 e. The van der Waals surface area contributed by atoms with Crippen molar-refractivity contribution in [3.05, 3.63) is 65.8 Å². The number of anilines is 1.